The molecule has 1 aromatic heterocycles. The van der Waals surface area contributed by atoms with E-state index in [0.29, 0.717) is 13.0 Å². The van der Waals surface area contributed by atoms with Crippen molar-refractivity contribution >= 4 is 11.8 Å². The number of aryl methyl sites for hydroxylation is 1. The molecule has 0 spiro atoms. The van der Waals surface area contributed by atoms with Crippen LogP contribution in [0.2, 0.25) is 0 Å². The highest BCUT2D eigenvalue weighted by molar-refractivity contribution is 8.00. The third kappa shape index (κ3) is 5.27. The number of aromatic nitrogens is 3. The van der Waals surface area contributed by atoms with E-state index in [9.17, 15) is 5.26 Å². The average Bonchev–Trinajstić information content (AvgIpc) is 3.45. The Bertz CT molecular complexity index is 1030. The highest BCUT2D eigenvalue weighted by Gasteiger charge is 2.24. The summed E-state index contributed by atoms with van der Waals surface area (Å²) in [7, 11) is 1.65. The predicted octanol–water partition coefficient (Wildman–Crippen LogP) is 4.67. The summed E-state index contributed by atoms with van der Waals surface area (Å²) in [5.41, 5.74) is 3.32. The van der Waals surface area contributed by atoms with E-state index in [1.165, 1.54) is 17.3 Å². The lowest BCUT2D eigenvalue weighted by molar-refractivity contribution is 0.0953. The summed E-state index contributed by atoms with van der Waals surface area (Å²) in [6.07, 6.45) is 2.90. The molecule has 160 valence electrons. The number of nitriles is 1. The van der Waals surface area contributed by atoms with Crippen LogP contribution < -0.4 is 4.74 Å². The Kier molecular flexibility index (Phi) is 6.90. The molecule has 2 atom stereocenters. The summed E-state index contributed by atoms with van der Waals surface area (Å²) in [6.45, 7) is 3.54. The van der Waals surface area contributed by atoms with Crippen LogP contribution in [0.15, 0.2) is 53.7 Å². The zero-order valence-corrected chi connectivity index (χ0v) is 18.6. The molecule has 0 amide bonds. The van der Waals surface area contributed by atoms with Gasteiger partial charge in [-0.1, -0.05) is 41.6 Å². The minimum atomic E-state index is -0.251. The zero-order chi connectivity index (χ0) is 21.6. The van der Waals surface area contributed by atoms with Crippen LogP contribution >= 0.6 is 11.8 Å². The van der Waals surface area contributed by atoms with Crippen LogP contribution in [0.5, 0.6) is 5.75 Å². The van der Waals surface area contributed by atoms with Gasteiger partial charge in [0.25, 0.3) is 0 Å². The Balaban J connectivity index is 1.59. The molecule has 6 nitrogen and oxygen atoms in total. The first kappa shape index (κ1) is 21.4. The van der Waals surface area contributed by atoms with E-state index in [-0.39, 0.29) is 11.4 Å². The third-order valence-corrected chi connectivity index (χ3v) is 6.48. The smallest absolute Gasteiger partial charge is 0.192 e. The Morgan fingerprint density at radius 2 is 1.97 bits per heavy atom. The maximum atomic E-state index is 9.79. The fraction of sp³-hybridized carbons (Fsp3) is 0.375. The summed E-state index contributed by atoms with van der Waals surface area (Å²) < 4.78 is 13.3. The van der Waals surface area contributed by atoms with Gasteiger partial charge in [-0.05, 0) is 56.0 Å². The molecule has 7 heteroatoms. The number of hydrogen-bond acceptors (Lipinski definition) is 6. The van der Waals surface area contributed by atoms with Gasteiger partial charge in [0.05, 0.1) is 25.8 Å². The minimum Gasteiger partial charge on any atom is -0.497 e. The Morgan fingerprint density at radius 3 is 2.61 bits per heavy atom. The van der Waals surface area contributed by atoms with Crippen LogP contribution in [0, 0.1) is 18.3 Å². The Hall–Kier alpha value is -2.82. The lowest BCUT2D eigenvalue weighted by Crippen LogP contribution is -2.17. The van der Waals surface area contributed by atoms with Crippen molar-refractivity contribution in [1.29, 1.82) is 5.26 Å². The molecule has 1 saturated heterocycles. The second-order valence-electron chi connectivity index (χ2n) is 7.71. The van der Waals surface area contributed by atoms with Crippen molar-refractivity contribution in [2.75, 3.05) is 13.7 Å². The van der Waals surface area contributed by atoms with E-state index < -0.39 is 0 Å². The molecule has 0 N–H and O–H groups in total. The van der Waals surface area contributed by atoms with Gasteiger partial charge in [0.2, 0.25) is 0 Å². The fourth-order valence-corrected chi connectivity index (χ4v) is 4.62. The van der Waals surface area contributed by atoms with Crippen molar-refractivity contribution in [3.8, 4) is 23.2 Å². The molecule has 0 unspecified atom stereocenters. The average molecular weight is 435 g/mol. The molecule has 1 aliphatic heterocycles. The largest absolute Gasteiger partial charge is 0.497 e. The molecule has 0 saturated carbocycles. The van der Waals surface area contributed by atoms with Crippen LogP contribution in [-0.4, -0.2) is 39.8 Å². The van der Waals surface area contributed by atoms with Crippen molar-refractivity contribution in [1.82, 2.24) is 14.8 Å². The summed E-state index contributed by atoms with van der Waals surface area (Å²) in [4.78, 5) is 0. The molecule has 3 aromatic rings. The maximum Gasteiger partial charge on any atom is 0.192 e. The molecule has 2 heterocycles. The first-order valence-corrected chi connectivity index (χ1v) is 11.4. The summed E-state index contributed by atoms with van der Waals surface area (Å²) in [5, 5.41) is 19.2. The van der Waals surface area contributed by atoms with Crippen LogP contribution in [-0.2, 0) is 17.7 Å². The van der Waals surface area contributed by atoms with E-state index >= 15 is 0 Å². The van der Waals surface area contributed by atoms with Crippen molar-refractivity contribution < 1.29 is 9.47 Å². The Morgan fingerprint density at radius 1 is 1.19 bits per heavy atom. The monoisotopic (exact) mass is 434 g/mol. The van der Waals surface area contributed by atoms with Crippen LogP contribution in [0.1, 0.15) is 24.0 Å². The molecular formula is C24H26N4O2S. The molecule has 0 aliphatic carbocycles. The van der Waals surface area contributed by atoms with E-state index in [0.717, 1.165) is 47.3 Å². The van der Waals surface area contributed by atoms with Gasteiger partial charge in [-0.3, -0.25) is 4.57 Å². The number of hydrogen-bond donors (Lipinski definition) is 0. The molecular weight excluding hydrogens is 408 g/mol. The third-order valence-electron chi connectivity index (χ3n) is 5.41. The second kappa shape index (κ2) is 9.99. The number of methoxy groups -OCH3 is 1. The van der Waals surface area contributed by atoms with E-state index in [1.807, 2.05) is 24.3 Å². The summed E-state index contributed by atoms with van der Waals surface area (Å²) in [6, 6.07) is 18.6. The molecule has 31 heavy (non-hydrogen) atoms. The van der Waals surface area contributed by atoms with Gasteiger partial charge >= 0.3 is 0 Å². The molecule has 0 radical (unpaired) electrons. The SMILES string of the molecule is COc1ccc(-c2nnc(S[C@H](C#N)Cc3ccc(C)cc3)n2C[C@H]2CCCO2)cc1. The molecule has 4 rings (SSSR count). The molecule has 2 aromatic carbocycles. The molecule has 1 aliphatic rings. The Labute approximate surface area is 187 Å². The van der Waals surface area contributed by atoms with Crippen LogP contribution in [0.3, 0.4) is 0 Å². The first-order chi connectivity index (χ1) is 15.2. The molecule has 0 bridgehead atoms. The highest BCUT2D eigenvalue weighted by Crippen LogP contribution is 2.30. The first-order valence-electron chi connectivity index (χ1n) is 10.5. The van der Waals surface area contributed by atoms with Gasteiger partial charge in [0, 0.05) is 12.2 Å². The summed E-state index contributed by atoms with van der Waals surface area (Å²) >= 11 is 1.47. The van der Waals surface area contributed by atoms with E-state index in [2.05, 4.69) is 52.0 Å². The minimum absolute atomic E-state index is 0.144. The molecule has 1 fully saturated rings. The van der Waals surface area contributed by atoms with Gasteiger partial charge in [0.1, 0.15) is 11.0 Å². The second-order valence-corrected chi connectivity index (χ2v) is 8.88. The number of benzene rings is 2. The number of thioether (sulfide) groups is 1. The van der Waals surface area contributed by atoms with Gasteiger partial charge in [-0.25, -0.2) is 0 Å². The summed E-state index contributed by atoms with van der Waals surface area (Å²) in [5.74, 6) is 1.58. The normalized spacial score (nSPS) is 16.7. The van der Waals surface area contributed by atoms with Gasteiger partial charge in [0.15, 0.2) is 11.0 Å². The van der Waals surface area contributed by atoms with E-state index in [4.69, 9.17) is 9.47 Å². The lowest BCUT2D eigenvalue weighted by atomic mass is 10.1. The number of nitrogens with zero attached hydrogens (tertiary/aromatic N) is 4. The van der Waals surface area contributed by atoms with Gasteiger partial charge in [-0.2, -0.15) is 5.26 Å². The zero-order valence-electron chi connectivity index (χ0n) is 17.8. The van der Waals surface area contributed by atoms with Crippen LogP contribution in [0.4, 0.5) is 0 Å². The maximum absolute atomic E-state index is 9.79. The quantitative estimate of drug-likeness (QED) is 0.480. The predicted molar refractivity (Wildman–Crippen MR) is 121 cm³/mol. The van der Waals surface area contributed by atoms with Gasteiger partial charge < -0.3 is 9.47 Å². The fourth-order valence-electron chi connectivity index (χ4n) is 3.67. The van der Waals surface area contributed by atoms with Crippen molar-refractivity contribution in [2.45, 2.75) is 49.2 Å². The van der Waals surface area contributed by atoms with Crippen molar-refractivity contribution in [3.63, 3.8) is 0 Å². The van der Waals surface area contributed by atoms with Crippen LogP contribution in [0.25, 0.3) is 11.4 Å². The van der Waals surface area contributed by atoms with Crippen molar-refractivity contribution in [3.05, 3.63) is 59.7 Å². The van der Waals surface area contributed by atoms with E-state index in [1.54, 1.807) is 7.11 Å². The van der Waals surface area contributed by atoms with Crippen molar-refractivity contribution in [2.24, 2.45) is 0 Å². The standard InChI is InChI=1S/C24H26N4O2S/c1-17-5-7-18(8-6-17)14-22(15-25)31-24-27-26-23(19-9-11-20(29-2)12-10-19)28(24)16-21-4-3-13-30-21/h5-12,21-22H,3-4,13-14,16H2,1-2H3/t21-,22+/m1/s1. The highest BCUT2D eigenvalue weighted by atomic mass is 32.2. The topological polar surface area (TPSA) is 73.0 Å². The number of rotatable bonds is 8. The number of ether oxygens (including phenoxy) is 2. The van der Waals surface area contributed by atoms with Gasteiger partial charge in [-0.15, -0.1) is 10.2 Å². The lowest BCUT2D eigenvalue weighted by Gasteiger charge is -2.16.